The van der Waals surface area contributed by atoms with Crippen molar-refractivity contribution in [2.24, 2.45) is 12.5 Å². The summed E-state index contributed by atoms with van der Waals surface area (Å²) in [6.45, 7) is 6.38. The van der Waals surface area contributed by atoms with Gasteiger partial charge in [0.05, 0.1) is 11.4 Å². The molecule has 20 heavy (non-hydrogen) atoms. The van der Waals surface area contributed by atoms with E-state index in [4.69, 9.17) is 0 Å². The van der Waals surface area contributed by atoms with Crippen molar-refractivity contribution in [2.75, 3.05) is 12.3 Å². The third kappa shape index (κ3) is 3.27. The second kappa shape index (κ2) is 4.96. The lowest BCUT2D eigenvalue weighted by Crippen LogP contribution is -2.41. The van der Waals surface area contributed by atoms with Crippen LogP contribution >= 0.6 is 0 Å². The fraction of sp³-hybridized carbons (Fsp3) is 0.692. The molecule has 6 nitrogen and oxygen atoms in total. The summed E-state index contributed by atoms with van der Waals surface area (Å²) in [5.74, 6) is 0.105. The maximum absolute atomic E-state index is 12.4. The van der Waals surface area contributed by atoms with Crippen LogP contribution in [0.1, 0.15) is 32.0 Å². The highest BCUT2D eigenvalue weighted by Gasteiger charge is 2.31. The Bertz CT molecular complexity index is 671. The fourth-order valence-electron chi connectivity index (χ4n) is 2.34. The molecule has 1 aromatic heterocycles. The molecule has 0 atom stereocenters. The maximum Gasteiger partial charge on any atom is 0.266 e. The zero-order valence-corrected chi connectivity index (χ0v) is 13.2. The quantitative estimate of drug-likeness (QED) is 0.798. The molecule has 0 saturated carbocycles. The standard InChI is InChI=1S/C13H21N3O3S/c1-13(2,3)9-20(18,19)16-6-5-11-10(8-16)7-12(17)15(4)14-11/h7H,5-6,8-9H2,1-4H3. The predicted molar refractivity (Wildman–Crippen MR) is 76.8 cm³/mol. The third-order valence-corrected chi connectivity index (χ3v) is 5.54. The minimum Gasteiger partial charge on any atom is -0.268 e. The first kappa shape index (κ1) is 15.2. The molecule has 1 aromatic rings. The van der Waals surface area contributed by atoms with Gasteiger partial charge in [-0.05, 0) is 11.0 Å². The molecule has 0 N–H and O–H groups in total. The number of nitrogens with zero attached hydrogens (tertiary/aromatic N) is 3. The lowest BCUT2D eigenvalue weighted by atomic mass is 10.0. The molecule has 0 fully saturated rings. The van der Waals surface area contributed by atoms with E-state index in [1.165, 1.54) is 15.1 Å². The summed E-state index contributed by atoms with van der Waals surface area (Å²) >= 11 is 0. The largest absolute Gasteiger partial charge is 0.268 e. The first-order valence-electron chi connectivity index (χ1n) is 6.62. The fourth-order valence-corrected chi connectivity index (χ4v) is 4.33. The number of hydrogen-bond donors (Lipinski definition) is 0. The SMILES string of the molecule is Cn1nc2c(cc1=O)CN(S(=O)(=O)CC(C)(C)C)CC2. The van der Waals surface area contributed by atoms with Crippen LogP contribution in [0, 0.1) is 5.41 Å². The van der Waals surface area contributed by atoms with Crippen LogP contribution in [-0.2, 0) is 30.0 Å². The van der Waals surface area contributed by atoms with Gasteiger partial charge in [-0.15, -0.1) is 0 Å². The molecule has 7 heteroatoms. The third-order valence-electron chi connectivity index (χ3n) is 3.21. The van der Waals surface area contributed by atoms with E-state index in [9.17, 15) is 13.2 Å². The summed E-state index contributed by atoms with van der Waals surface area (Å²) < 4.78 is 27.5. The van der Waals surface area contributed by atoms with Crippen LogP contribution in [-0.4, -0.2) is 34.8 Å². The van der Waals surface area contributed by atoms with Crippen molar-refractivity contribution >= 4 is 10.0 Å². The molecular formula is C13H21N3O3S. The molecule has 0 saturated heterocycles. The number of sulfonamides is 1. The van der Waals surface area contributed by atoms with Crippen LogP contribution in [0.2, 0.25) is 0 Å². The van der Waals surface area contributed by atoms with E-state index in [1.54, 1.807) is 7.05 Å². The van der Waals surface area contributed by atoms with Crippen molar-refractivity contribution in [3.05, 3.63) is 27.7 Å². The highest BCUT2D eigenvalue weighted by atomic mass is 32.2. The number of aryl methyl sites for hydroxylation is 1. The van der Waals surface area contributed by atoms with Crippen molar-refractivity contribution in [2.45, 2.75) is 33.7 Å². The molecule has 1 aliphatic heterocycles. The number of fused-ring (bicyclic) bond motifs is 1. The first-order valence-corrected chi connectivity index (χ1v) is 8.23. The summed E-state index contributed by atoms with van der Waals surface area (Å²) in [5, 5.41) is 4.19. The van der Waals surface area contributed by atoms with E-state index < -0.39 is 10.0 Å². The summed E-state index contributed by atoms with van der Waals surface area (Å²) in [6, 6.07) is 1.49. The Labute approximate surface area is 119 Å². The van der Waals surface area contributed by atoms with E-state index in [0.29, 0.717) is 13.0 Å². The Kier molecular flexibility index (Phi) is 3.77. The molecular weight excluding hydrogens is 278 g/mol. The van der Waals surface area contributed by atoms with Crippen molar-refractivity contribution in [3.63, 3.8) is 0 Å². The molecule has 2 rings (SSSR count). The monoisotopic (exact) mass is 299 g/mol. The van der Waals surface area contributed by atoms with E-state index in [-0.39, 0.29) is 23.3 Å². The van der Waals surface area contributed by atoms with E-state index >= 15 is 0 Å². The Balaban J connectivity index is 2.27. The second-order valence-corrected chi connectivity index (χ2v) is 8.45. The smallest absolute Gasteiger partial charge is 0.266 e. The van der Waals surface area contributed by atoms with Crippen molar-refractivity contribution in [3.8, 4) is 0 Å². The van der Waals surface area contributed by atoms with Gasteiger partial charge in [-0.3, -0.25) is 4.79 Å². The highest BCUT2D eigenvalue weighted by molar-refractivity contribution is 7.89. The Morgan fingerprint density at radius 3 is 2.60 bits per heavy atom. The second-order valence-electron chi connectivity index (χ2n) is 6.48. The van der Waals surface area contributed by atoms with Gasteiger partial charge in [0.1, 0.15) is 0 Å². The van der Waals surface area contributed by atoms with Crippen LogP contribution in [0.5, 0.6) is 0 Å². The van der Waals surface area contributed by atoms with Gasteiger partial charge >= 0.3 is 0 Å². The van der Waals surface area contributed by atoms with Crippen molar-refractivity contribution in [1.82, 2.24) is 14.1 Å². The Morgan fingerprint density at radius 2 is 2.00 bits per heavy atom. The molecule has 1 aliphatic rings. The van der Waals surface area contributed by atoms with Gasteiger partial charge in [-0.1, -0.05) is 20.8 Å². The van der Waals surface area contributed by atoms with Gasteiger partial charge in [0, 0.05) is 32.6 Å². The summed E-state index contributed by atoms with van der Waals surface area (Å²) in [4.78, 5) is 11.6. The molecule has 2 heterocycles. The minimum atomic E-state index is -3.31. The topological polar surface area (TPSA) is 72.3 Å². The lowest BCUT2D eigenvalue weighted by molar-refractivity contribution is 0.367. The van der Waals surface area contributed by atoms with Gasteiger partial charge in [-0.2, -0.15) is 9.40 Å². The number of hydrogen-bond acceptors (Lipinski definition) is 4. The van der Waals surface area contributed by atoms with E-state index in [2.05, 4.69) is 5.10 Å². The average molecular weight is 299 g/mol. The van der Waals surface area contributed by atoms with E-state index in [0.717, 1.165) is 11.3 Å². The van der Waals surface area contributed by atoms with Gasteiger partial charge in [0.2, 0.25) is 10.0 Å². The van der Waals surface area contributed by atoms with Gasteiger partial charge in [-0.25, -0.2) is 13.1 Å². The molecule has 0 spiro atoms. The minimum absolute atomic E-state index is 0.105. The Hall–Kier alpha value is -1.21. The first-order chi connectivity index (χ1) is 9.08. The van der Waals surface area contributed by atoms with Crippen LogP contribution in [0.4, 0.5) is 0 Å². The van der Waals surface area contributed by atoms with E-state index in [1.807, 2.05) is 20.8 Å². The summed E-state index contributed by atoms with van der Waals surface area (Å²) in [6.07, 6.45) is 0.548. The predicted octanol–water partition coefficient (Wildman–Crippen LogP) is 0.514. The normalized spacial score (nSPS) is 17.0. The maximum atomic E-state index is 12.4. The summed E-state index contributed by atoms with van der Waals surface area (Å²) in [7, 11) is -1.71. The van der Waals surface area contributed by atoms with Crippen LogP contribution in [0.25, 0.3) is 0 Å². The van der Waals surface area contributed by atoms with Crippen LogP contribution in [0.3, 0.4) is 0 Å². The lowest BCUT2D eigenvalue weighted by Gasteiger charge is -2.30. The zero-order chi connectivity index (χ0) is 15.1. The number of rotatable bonds is 2. The molecule has 0 amide bonds. The zero-order valence-electron chi connectivity index (χ0n) is 12.4. The average Bonchev–Trinajstić information content (AvgIpc) is 2.26. The van der Waals surface area contributed by atoms with Crippen LogP contribution in [0.15, 0.2) is 10.9 Å². The van der Waals surface area contributed by atoms with Crippen molar-refractivity contribution in [1.29, 1.82) is 0 Å². The van der Waals surface area contributed by atoms with Gasteiger partial charge < -0.3 is 0 Å². The molecule has 0 bridgehead atoms. The van der Waals surface area contributed by atoms with Crippen molar-refractivity contribution < 1.29 is 8.42 Å². The summed E-state index contributed by atoms with van der Waals surface area (Å²) in [5.41, 5.74) is 1.04. The molecule has 0 aliphatic carbocycles. The van der Waals surface area contributed by atoms with Crippen LogP contribution < -0.4 is 5.56 Å². The van der Waals surface area contributed by atoms with Gasteiger partial charge in [0.15, 0.2) is 0 Å². The van der Waals surface area contributed by atoms with Gasteiger partial charge in [0.25, 0.3) is 5.56 Å². The molecule has 112 valence electrons. The number of aromatic nitrogens is 2. The Morgan fingerprint density at radius 1 is 1.35 bits per heavy atom. The molecule has 0 unspecified atom stereocenters. The molecule has 0 radical (unpaired) electrons. The molecule has 0 aromatic carbocycles. The highest BCUT2D eigenvalue weighted by Crippen LogP contribution is 2.23.